The van der Waals surface area contributed by atoms with Crippen LogP contribution in [0.5, 0.6) is 0 Å². The second-order valence-electron chi connectivity index (χ2n) is 7.50. The topological polar surface area (TPSA) is 103 Å². The van der Waals surface area contributed by atoms with E-state index in [1.807, 2.05) is 0 Å². The molecule has 174 valence electrons. The normalized spacial score (nSPS) is 10.9. The smallest absolute Gasteiger partial charge is 0.338 e. The van der Waals surface area contributed by atoms with Crippen LogP contribution in [0.3, 0.4) is 0 Å². The number of benzene rings is 2. The molecule has 0 bridgehead atoms. The predicted molar refractivity (Wildman–Crippen MR) is 126 cm³/mol. The predicted octanol–water partition coefficient (Wildman–Crippen LogP) is 4.24. The molecule has 0 aliphatic rings. The fourth-order valence-corrected chi connectivity index (χ4v) is 4.14. The maximum atomic E-state index is 13.4. The van der Waals surface area contributed by atoms with Gasteiger partial charge in [0.05, 0.1) is 11.3 Å². The van der Waals surface area contributed by atoms with Crippen molar-refractivity contribution in [2.45, 2.75) is 32.8 Å². The van der Waals surface area contributed by atoms with E-state index in [2.05, 4.69) is 22.3 Å². The molecule has 10 heteroatoms. The summed E-state index contributed by atoms with van der Waals surface area (Å²) in [4.78, 5) is 42.0. The number of amides is 1. The second-order valence-corrected chi connectivity index (χ2v) is 8.54. The molecule has 0 aliphatic heterocycles. The molecule has 0 unspecified atom stereocenters. The highest BCUT2D eigenvalue weighted by atomic mass is 32.1. The molecule has 1 amide bonds. The van der Waals surface area contributed by atoms with E-state index in [0.29, 0.717) is 16.3 Å². The van der Waals surface area contributed by atoms with E-state index in [-0.39, 0.29) is 23.3 Å². The number of hydrogen-bond acceptors (Lipinski definition) is 7. The molecule has 0 saturated carbocycles. The zero-order chi connectivity index (χ0) is 24.1. The van der Waals surface area contributed by atoms with E-state index in [1.54, 1.807) is 12.1 Å². The van der Waals surface area contributed by atoms with Crippen molar-refractivity contribution in [1.29, 1.82) is 0 Å². The van der Waals surface area contributed by atoms with Crippen LogP contribution in [0.1, 0.15) is 51.2 Å². The van der Waals surface area contributed by atoms with Crippen molar-refractivity contribution in [3.8, 4) is 0 Å². The van der Waals surface area contributed by atoms with Gasteiger partial charge in [0.25, 0.3) is 11.5 Å². The summed E-state index contributed by atoms with van der Waals surface area (Å²) in [5, 5.41) is 7.75. The van der Waals surface area contributed by atoms with Gasteiger partial charge >= 0.3 is 5.97 Å². The molecule has 0 spiro atoms. The molecule has 2 aromatic carbocycles. The molecule has 34 heavy (non-hydrogen) atoms. The van der Waals surface area contributed by atoms with Gasteiger partial charge in [-0.1, -0.05) is 36.8 Å². The van der Waals surface area contributed by atoms with E-state index in [9.17, 15) is 18.8 Å². The largest absolute Gasteiger partial charge is 0.456 e. The summed E-state index contributed by atoms with van der Waals surface area (Å²) in [5.41, 5.74) is 0.693. The van der Waals surface area contributed by atoms with Gasteiger partial charge in [-0.2, -0.15) is 9.61 Å². The fraction of sp³-hybridized carbons (Fsp3) is 0.208. The molecule has 0 radical (unpaired) electrons. The van der Waals surface area contributed by atoms with Gasteiger partial charge in [0.15, 0.2) is 0 Å². The first-order valence-electron chi connectivity index (χ1n) is 10.7. The van der Waals surface area contributed by atoms with Crippen LogP contribution >= 0.6 is 11.3 Å². The van der Waals surface area contributed by atoms with Gasteiger partial charge in [-0.25, -0.2) is 14.2 Å². The Morgan fingerprint density at radius 3 is 2.71 bits per heavy atom. The van der Waals surface area contributed by atoms with E-state index < -0.39 is 17.7 Å². The van der Waals surface area contributed by atoms with Crippen LogP contribution in [-0.4, -0.2) is 26.5 Å². The number of nitrogens with one attached hydrogen (secondary N) is 1. The minimum atomic E-state index is -0.642. The number of carbonyl (C=O) groups excluding carboxylic acids is 2. The number of aryl methyl sites for hydroxylation is 1. The fourth-order valence-electron chi connectivity index (χ4n) is 3.18. The lowest BCUT2D eigenvalue weighted by atomic mass is 10.1. The Morgan fingerprint density at radius 2 is 1.91 bits per heavy atom. The Kier molecular flexibility index (Phi) is 7.07. The Bertz CT molecular complexity index is 1420. The number of fused-ring (bicyclic) bond motifs is 1. The zero-order valence-corrected chi connectivity index (χ0v) is 19.1. The first-order valence-corrected chi connectivity index (χ1v) is 11.5. The number of aromatic nitrogens is 3. The lowest BCUT2D eigenvalue weighted by Crippen LogP contribution is -2.17. The highest BCUT2D eigenvalue weighted by Gasteiger charge is 2.13. The van der Waals surface area contributed by atoms with Crippen LogP contribution in [-0.2, 0) is 17.8 Å². The number of hydrogen-bond donors (Lipinski definition) is 1. The number of esters is 1. The van der Waals surface area contributed by atoms with Gasteiger partial charge in [0, 0.05) is 23.7 Å². The van der Waals surface area contributed by atoms with Crippen molar-refractivity contribution in [2.75, 3.05) is 5.32 Å². The van der Waals surface area contributed by atoms with Gasteiger partial charge in [0.2, 0.25) is 4.96 Å². The van der Waals surface area contributed by atoms with Crippen molar-refractivity contribution >= 4 is 33.9 Å². The lowest BCUT2D eigenvalue weighted by molar-refractivity contribution is 0.0467. The van der Waals surface area contributed by atoms with Crippen LogP contribution in [0.25, 0.3) is 4.96 Å². The number of unbranched alkanes of at least 4 members (excludes halogenated alkanes) is 1. The maximum Gasteiger partial charge on any atom is 0.338 e. The number of anilines is 1. The Morgan fingerprint density at radius 1 is 1.12 bits per heavy atom. The molecular formula is C24H21FN4O4S. The monoisotopic (exact) mass is 480 g/mol. The molecule has 2 aromatic heterocycles. The van der Waals surface area contributed by atoms with Crippen molar-refractivity contribution in [3.63, 3.8) is 0 Å². The Balaban J connectivity index is 1.42. The summed E-state index contributed by atoms with van der Waals surface area (Å²) >= 11 is 1.34. The molecular weight excluding hydrogens is 459 g/mol. The highest BCUT2D eigenvalue weighted by Crippen LogP contribution is 2.16. The molecule has 0 atom stereocenters. The molecule has 0 fully saturated rings. The van der Waals surface area contributed by atoms with Crippen molar-refractivity contribution in [2.24, 2.45) is 0 Å². The third-order valence-corrected chi connectivity index (χ3v) is 5.85. The van der Waals surface area contributed by atoms with E-state index >= 15 is 0 Å². The van der Waals surface area contributed by atoms with E-state index in [0.717, 1.165) is 30.3 Å². The lowest BCUT2D eigenvalue weighted by Gasteiger charge is -2.08. The van der Waals surface area contributed by atoms with Crippen LogP contribution in [0, 0.1) is 5.82 Å². The number of nitrogens with zero attached hydrogens (tertiary/aromatic N) is 3. The summed E-state index contributed by atoms with van der Waals surface area (Å²) in [6.45, 7) is 1.89. The standard InChI is InChI=1S/C24H21FN4O4S/c1-2-3-10-20-28-29-21(30)13-19(27-24(29)34-20)14-33-23(32)16-7-5-9-18(12-16)26-22(31)15-6-4-8-17(25)11-15/h4-9,11-13H,2-3,10,14H2,1H3,(H,26,31). The third kappa shape index (κ3) is 5.52. The van der Waals surface area contributed by atoms with E-state index in [4.69, 9.17) is 4.74 Å². The number of halogens is 1. The van der Waals surface area contributed by atoms with Crippen LogP contribution in [0.15, 0.2) is 59.4 Å². The minimum Gasteiger partial charge on any atom is -0.456 e. The van der Waals surface area contributed by atoms with Crippen LogP contribution in [0.2, 0.25) is 0 Å². The first-order chi connectivity index (χ1) is 16.4. The minimum absolute atomic E-state index is 0.154. The van der Waals surface area contributed by atoms with Crippen LogP contribution in [0.4, 0.5) is 10.1 Å². The molecule has 4 aromatic rings. The number of rotatable bonds is 8. The Labute approximate surface area is 198 Å². The Hall–Kier alpha value is -3.92. The maximum absolute atomic E-state index is 13.4. The zero-order valence-electron chi connectivity index (χ0n) is 18.3. The summed E-state index contributed by atoms with van der Waals surface area (Å²) in [5.74, 6) is -1.67. The molecule has 1 N–H and O–H groups in total. The second kappa shape index (κ2) is 10.3. The molecule has 8 nitrogen and oxygen atoms in total. The summed E-state index contributed by atoms with van der Waals surface area (Å²) in [7, 11) is 0. The summed E-state index contributed by atoms with van der Waals surface area (Å²) in [6, 6.07) is 12.8. The molecule has 4 rings (SSSR count). The van der Waals surface area contributed by atoms with Crippen LogP contribution < -0.4 is 10.9 Å². The summed E-state index contributed by atoms with van der Waals surface area (Å²) < 4.78 is 19.9. The first kappa shape index (κ1) is 23.2. The quantitative estimate of drug-likeness (QED) is 0.379. The summed E-state index contributed by atoms with van der Waals surface area (Å²) in [6.07, 6.45) is 2.77. The van der Waals surface area contributed by atoms with Crippen molar-refractivity contribution in [3.05, 3.63) is 92.6 Å². The van der Waals surface area contributed by atoms with Gasteiger partial charge in [0.1, 0.15) is 17.4 Å². The average molecular weight is 481 g/mol. The molecule has 2 heterocycles. The molecule has 0 aliphatic carbocycles. The number of carbonyl (C=O) groups is 2. The van der Waals surface area contributed by atoms with Crippen molar-refractivity contribution < 1.29 is 18.7 Å². The van der Waals surface area contributed by atoms with Gasteiger partial charge in [-0.05, 0) is 42.8 Å². The molecule has 0 saturated heterocycles. The van der Waals surface area contributed by atoms with Gasteiger partial charge in [-0.15, -0.1) is 0 Å². The number of ether oxygens (including phenoxy) is 1. The van der Waals surface area contributed by atoms with E-state index in [1.165, 1.54) is 52.3 Å². The third-order valence-electron chi connectivity index (χ3n) is 4.88. The van der Waals surface area contributed by atoms with Gasteiger partial charge < -0.3 is 10.1 Å². The van der Waals surface area contributed by atoms with Gasteiger partial charge in [-0.3, -0.25) is 9.59 Å². The highest BCUT2D eigenvalue weighted by molar-refractivity contribution is 7.16. The SMILES string of the molecule is CCCCc1nn2c(=O)cc(COC(=O)c3cccc(NC(=O)c4cccc(F)c4)c3)nc2s1. The average Bonchev–Trinajstić information content (AvgIpc) is 3.25. The van der Waals surface area contributed by atoms with Crippen molar-refractivity contribution in [1.82, 2.24) is 14.6 Å².